The van der Waals surface area contributed by atoms with Crippen LogP contribution in [0.4, 0.5) is 0 Å². The minimum Gasteiger partial charge on any atom is -0.380 e. The number of nitrogens with one attached hydrogen (secondary N) is 1. The predicted octanol–water partition coefficient (Wildman–Crippen LogP) is 2.10. The Hall–Kier alpha value is -1.08. The first-order valence-electron chi connectivity index (χ1n) is 6.21. The Balaban J connectivity index is 4.56. The summed E-state index contributed by atoms with van der Waals surface area (Å²) >= 11 is 0. The maximum Gasteiger partial charge on any atom is 0.240 e. The zero-order valence-corrected chi connectivity index (χ0v) is 11.5. The van der Waals surface area contributed by atoms with E-state index in [-0.39, 0.29) is 17.9 Å². The molecule has 4 nitrogen and oxygen atoms in total. The molecule has 98 valence electrons. The highest BCUT2D eigenvalue weighted by atomic mass is 16.5. The molecular weight excluding hydrogens is 216 g/mol. The normalized spacial score (nSPS) is 16.1. The third-order valence-electron chi connectivity index (χ3n) is 3.08. The van der Waals surface area contributed by atoms with E-state index in [4.69, 9.17) is 10.00 Å². The smallest absolute Gasteiger partial charge is 0.240 e. The molecule has 2 unspecified atom stereocenters. The summed E-state index contributed by atoms with van der Waals surface area (Å²) in [6.45, 7) is 10.6. The van der Waals surface area contributed by atoms with Gasteiger partial charge in [0.2, 0.25) is 5.91 Å². The van der Waals surface area contributed by atoms with Gasteiger partial charge in [0.1, 0.15) is 5.41 Å². The van der Waals surface area contributed by atoms with Crippen molar-refractivity contribution in [1.29, 1.82) is 5.26 Å². The maximum absolute atomic E-state index is 12.0. The number of ether oxygens (including phenoxy) is 1. The summed E-state index contributed by atoms with van der Waals surface area (Å²) in [5.41, 5.74) is -0.945. The molecule has 0 aliphatic heterocycles. The molecule has 0 aliphatic carbocycles. The number of carbonyl (C=O) groups excluding carboxylic acids is 1. The monoisotopic (exact) mass is 240 g/mol. The lowest BCUT2D eigenvalue weighted by atomic mass is 9.87. The standard InChI is InChI=1S/C13H24N2O2/c1-6-13(5,9-14)12(16)15-11(10(3)4)8-17-7-2/h10-11H,6-8H2,1-5H3,(H,15,16). The fourth-order valence-electron chi connectivity index (χ4n) is 1.26. The van der Waals surface area contributed by atoms with E-state index in [1.165, 1.54) is 0 Å². The van der Waals surface area contributed by atoms with Gasteiger partial charge in [-0.1, -0.05) is 20.8 Å². The van der Waals surface area contributed by atoms with Gasteiger partial charge in [0.15, 0.2) is 0 Å². The molecule has 0 aromatic heterocycles. The average molecular weight is 240 g/mol. The largest absolute Gasteiger partial charge is 0.380 e. The summed E-state index contributed by atoms with van der Waals surface area (Å²) in [5, 5.41) is 11.9. The Labute approximate surface area is 104 Å². The van der Waals surface area contributed by atoms with E-state index in [0.29, 0.717) is 19.6 Å². The van der Waals surface area contributed by atoms with Crippen LogP contribution in [0, 0.1) is 22.7 Å². The van der Waals surface area contributed by atoms with Crippen molar-refractivity contribution >= 4 is 5.91 Å². The first-order chi connectivity index (χ1) is 7.91. The van der Waals surface area contributed by atoms with Crippen LogP contribution in [0.2, 0.25) is 0 Å². The highest BCUT2D eigenvalue weighted by Gasteiger charge is 2.33. The van der Waals surface area contributed by atoms with E-state index in [9.17, 15) is 4.79 Å². The van der Waals surface area contributed by atoms with Gasteiger partial charge < -0.3 is 10.1 Å². The van der Waals surface area contributed by atoms with Gasteiger partial charge in [-0.2, -0.15) is 5.26 Å². The molecule has 0 saturated carbocycles. The first kappa shape index (κ1) is 15.9. The molecule has 0 aromatic carbocycles. The minimum atomic E-state index is -0.945. The molecule has 0 aliphatic rings. The van der Waals surface area contributed by atoms with Gasteiger partial charge in [-0.15, -0.1) is 0 Å². The second-order valence-corrected chi connectivity index (χ2v) is 4.78. The molecule has 0 heterocycles. The van der Waals surface area contributed by atoms with E-state index in [0.717, 1.165) is 0 Å². The van der Waals surface area contributed by atoms with E-state index >= 15 is 0 Å². The minimum absolute atomic E-state index is 0.0401. The number of hydrogen-bond acceptors (Lipinski definition) is 3. The van der Waals surface area contributed by atoms with Crippen LogP contribution >= 0.6 is 0 Å². The zero-order valence-electron chi connectivity index (χ0n) is 11.5. The zero-order chi connectivity index (χ0) is 13.5. The fraction of sp³-hybridized carbons (Fsp3) is 0.846. The Morgan fingerprint density at radius 1 is 1.47 bits per heavy atom. The second kappa shape index (κ2) is 7.29. The number of nitriles is 1. The third-order valence-corrected chi connectivity index (χ3v) is 3.08. The van der Waals surface area contributed by atoms with Gasteiger partial charge in [-0.05, 0) is 26.2 Å². The van der Waals surface area contributed by atoms with Crippen molar-refractivity contribution in [2.75, 3.05) is 13.2 Å². The van der Waals surface area contributed by atoms with Crippen molar-refractivity contribution in [3.05, 3.63) is 0 Å². The molecule has 1 N–H and O–H groups in total. The molecule has 17 heavy (non-hydrogen) atoms. The van der Waals surface area contributed by atoms with Crippen LogP contribution in [0.5, 0.6) is 0 Å². The molecule has 2 atom stereocenters. The highest BCUT2D eigenvalue weighted by molar-refractivity contribution is 5.85. The molecule has 0 radical (unpaired) electrons. The summed E-state index contributed by atoms with van der Waals surface area (Å²) in [6.07, 6.45) is 0.509. The number of carbonyl (C=O) groups is 1. The summed E-state index contributed by atoms with van der Waals surface area (Å²) in [4.78, 5) is 12.0. The summed E-state index contributed by atoms with van der Waals surface area (Å²) < 4.78 is 5.34. The fourth-order valence-corrected chi connectivity index (χ4v) is 1.26. The lowest BCUT2D eigenvalue weighted by molar-refractivity contribution is -0.129. The number of rotatable bonds is 7. The maximum atomic E-state index is 12.0. The topological polar surface area (TPSA) is 62.1 Å². The van der Waals surface area contributed by atoms with Crippen LogP contribution in [-0.4, -0.2) is 25.2 Å². The highest BCUT2D eigenvalue weighted by Crippen LogP contribution is 2.20. The lowest BCUT2D eigenvalue weighted by Crippen LogP contribution is -2.47. The molecule has 0 rings (SSSR count). The van der Waals surface area contributed by atoms with Gasteiger partial charge in [-0.25, -0.2) is 0 Å². The van der Waals surface area contributed by atoms with Crippen molar-refractivity contribution in [2.24, 2.45) is 11.3 Å². The van der Waals surface area contributed by atoms with Crippen LogP contribution < -0.4 is 5.32 Å². The van der Waals surface area contributed by atoms with E-state index in [1.54, 1.807) is 6.92 Å². The SMILES string of the molecule is CCOCC(NC(=O)C(C)(C#N)CC)C(C)C. The van der Waals surface area contributed by atoms with Gasteiger partial charge in [0.25, 0.3) is 0 Å². The van der Waals surface area contributed by atoms with Crippen LogP contribution in [0.1, 0.15) is 41.0 Å². The van der Waals surface area contributed by atoms with Gasteiger partial charge in [0.05, 0.1) is 18.7 Å². The molecule has 0 fully saturated rings. The Kier molecular flexibility index (Phi) is 6.82. The number of hydrogen-bond donors (Lipinski definition) is 1. The first-order valence-corrected chi connectivity index (χ1v) is 6.21. The Morgan fingerprint density at radius 3 is 2.41 bits per heavy atom. The van der Waals surface area contributed by atoms with Crippen molar-refractivity contribution in [1.82, 2.24) is 5.32 Å². The predicted molar refractivity (Wildman–Crippen MR) is 67.3 cm³/mol. The summed E-state index contributed by atoms with van der Waals surface area (Å²) in [7, 11) is 0. The Morgan fingerprint density at radius 2 is 2.06 bits per heavy atom. The van der Waals surface area contributed by atoms with Gasteiger partial charge >= 0.3 is 0 Å². The number of nitrogens with zero attached hydrogens (tertiary/aromatic N) is 1. The molecule has 4 heteroatoms. The van der Waals surface area contributed by atoms with Crippen LogP contribution in [-0.2, 0) is 9.53 Å². The summed E-state index contributed by atoms with van der Waals surface area (Å²) in [5.74, 6) is 0.0752. The van der Waals surface area contributed by atoms with Crippen LogP contribution in [0.3, 0.4) is 0 Å². The Bertz CT molecular complexity index is 284. The third kappa shape index (κ3) is 4.74. The van der Waals surface area contributed by atoms with Gasteiger partial charge in [-0.3, -0.25) is 4.79 Å². The molecule has 1 amide bonds. The lowest BCUT2D eigenvalue weighted by Gasteiger charge is -2.26. The van der Waals surface area contributed by atoms with Crippen molar-refractivity contribution in [2.45, 2.75) is 47.1 Å². The van der Waals surface area contributed by atoms with E-state index < -0.39 is 5.41 Å². The second-order valence-electron chi connectivity index (χ2n) is 4.78. The molecular formula is C13H24N2O2. The van der Waals surface area contributed by atoms with E-state index in [1.807, 2.05) is 27.7 Å². The van der Waals surface area contributed by atoms with Crippen molar-refractivity contribution in [3.63, 3.8) is 0 Å². The van der Waals surface area contributed by atoms with Crippen LogP contribution in [0.15, 0.2) is 0 Å². The average Bonchev–Trinajstić information content (AvgIpc) is 2.32. The van der Waals surface area contributed by atoms with Gasteiger partial charge in [0, 0.05) is 6.61 Å². The number of amides is 1. The molecule has 0 aromatic rings. The molecule has 0 bridgehead atoms. The molecule has 0 saturated heterocycles. The van der Waals surface area contributed by atoms with E-state index in [2.05, 4.69) is 11.4 Å². The molecule has 0 spiro atoms. The summed E-state index contributed by atoms with van der Waals surface area (Å²) in [6, 6.07) is 2.04. The quantitative estimate of drug-likeness (QED) is 0.741. The van der Waals surface area contributed by atoms with Crippen molar-refractivity contribution < 1.29 is 9.53 Å². The van der Waals surface area contributed by atoms with Crippen molar-refractivity contribution in [3.8, 4) is 6.07 Å². The van der Waals surface area contributed by atoms with Crippen LogP contribution in [0.25, 0.3) is 0 Å².